The van der Waals surface area contributed by atoms with Crippen molar-refractivity contribution in [2.24, 2.45) is 0 Å². The van der Waals surface area contributed by atoms with Crippen LogP contribution in [0.25, 0.3) is 0 Å². The van der Waals surface area contributed by atoms with E-state index in [1.54, 1.807) is 0 Å². The standard InChI is InChI=1S/5C2H4O3.5Na/c5*3-1-2(4)5;;;;;/h5*3H,1H2,(H,4,5);;;;;/q;;;;;5*+1/p-5. The summed E-state index contributed by atoms with van der Waals surface area (Å²) in [6.07, 6.45) is 0. The van der Waals surface area contributed by atoms with Gasteiger partial charge in [-0.3, -0.25) is 0 Å². The molecule has 0 aliphatic heterocycles. The Balaban J connectivity index is -0.0000000200. The molecule has 0 amide bonds. The van der Waals surface area contributed by atoms with Gasteiger partial charge in [0.25, 0.3) is 0 Å². The van der Waals surface area contributed by atoms with Crippen LogP contribution in [0.3, 0.4) is 0 Å². The van der Waals surface area contributed by atoms with Gasteiger partial charge in [-0.1, -0.05) is 0 Å². The number of hydrogen-bond donors (Lipinski definition) is 5. The van der Waals surface area contributed by atoms with Crippen molar-refractivity contribution >= 4 is 29.8 Å². The molecule has 15 nitrogen and oxygen atoms in total. The van der Waals surface area contributed by atoms with E-state index in [9.17, 15) is 0 Å². The van der Waals surface area contributed by atoms with Crippen LogP contribution in [0.15, 0.2) is 0 Å². The average molecular weight is 490 g/mol. The molecule has 30 heavy (non-hydrogen) atoms. The fourth-order valence-corrected chi connectivity index (χ4v) is 0. The minimum atomic E-state index is -1.44. The summed E-state index contributed by atoms with van der Waals surface area (Å²) in [5, 5.41) is 82.4. The van der Waals surface area contributed by atoms with E-state index in [2.05, 4.69) is 0 Å². The molecule has 0 aromatic carbocycles. The van der Waals surface area contributed by atoms with E-state index < -0.39 is 62.9 Å². The van der Waals surface area contributed by atoms with Gasteiger partial charge in [-0.25, -0.2) is 0 Å². The quantitative estimate of drug-likeness (QED) is 0.223. The van der Waals surface area contributed by atoms with Crippen molar-refractivity contribution < 1.29 is 223 Å². The fraction of sp³-hybridized carbons (Fsp3) is 0.500. The molecule has 0 aliphatic carbocycles. The first-order chi connectivity index (χ1) is 11.4. The topological polar surface area (TPSA) is 302 Å². The number of aliphatic carboxylic acids is 5. The van der Waals surface area contributed by atoms with Crippen LogP contribution in [0, 0.1) is 0 Å². The number of carboxylic acids is 5. The van der Waals surface area contributed by atoms with E-state index >= 15 is 0 Å². The molecule has 0 spiro atoms. The van der Waals surface area contributed by atoms with Crippen molar-refractivity contribution in [3.63, 3.8) is 0 Å². The van der Waals surface area contributed by atoms with Crippen molar-refractivity contribution in [1.29, 1.82) is 0 Å². The maximum atomic E-state index is 9.01. The minimum Gasteiger partial charge on any atom is -0.548 e. The zero-order valence-corrected chi connectivity index (χ0v) is 27.4. The maximum Gasteiger partial charge on any atom is 1.00 e. The van der Waals surface area contributed by atoms with E-state index in [0.29, 0.717) is 0 Å². The molecule has 0 aromatic heterocycles. The van der Waals surface area contributed by atoms with Crippen molar-refractivity contribution in [2.45, 2.75) is 0 Å². The monoisotopic (exact) mass is 490 g/mol. The average Bonchev–Trinajstić information content (AvgIpc) is 2.56. The van der Waals surface area contributed by atoms with Crippen molar-refractivity contribution in [2.75, 3.05) is 33.0 Å². The van der Waals surface area contributed by atoms with Crippen molar-refractivity contribution in [3.8, 4) is 0 Å². The Hall–Kier alpha value is 2.15. The van der Waals surface area contributed by atoms with E-state index in [1.807, 2.05) is 0 Å². The van der Waals surface area contributed by atoms with Gasteiger partial charge in [-0.05, 0) is 0 Å². The van der Waals surface area contributed by atoms with E-state index in [4.69, 9.17) is 75.0 Å². The van der Waals surface area contributed by atoms with Crippen LogP contribution in [-0.2, 0) is 24.0 Å². The van der Waals surface area contributed by atoms with E-state index in [1.165, 1.54) is 0 Å². The molecule has 0 bridgehead atoms. The van der Waals surface area contributed by atoms with Gasteiger partial charge in [0.15, 0.2) is 0 Å². The SMILES string of the molecule is O=C([O-])CO.O=C([O-])CO.O=C([O-])CO.O=C([O-])CO.O=C([O-])CO.[Na+].[Na+].[Na+].[Na+].[Na+]. The number of hydrogen-bond acceptors (Lipinski definition) is 15. The molecule has 0 saturated carbocycles. The molecular weight excluding hydrogens is 475 g/mol. The summed E-state index contributed by atoms with van der Waals surface area (Å²) in [5.41, 5.74) is 0. The zero-order chi connectivity index (χ0) is 21.4. The second-order valence-corrected chi connectivity index (χ2v) is 2.65. The normalized spacial score (nSPS) is 6.17. The Bertz CT molecular complexity index is 302. The number of rotatable bonds is 5. The molecule has 150 valence electrons. The molecule has 0 unspecified atom stereocenters. The molecule has 5 N–H and O–H groups in total. The minimum absolute atomic E-state index is 0. The van der Waals surface area contributed by atoms with Crippen LogP contribution < -0.4 is 173 Å². The Labute approximate surface area is 281 Å². The van der Waals surface area contributed by atoms with Crippen LogP contribution in [0.4, 0.5) is 0 Å². The predicted octanol–water partition coefficient (Wildman–Crippen LogP) is -26.3. The third-order valence-corrected chi connectivity index (χ3v) is 0.645. The number of aliphatic hydroxyl groups is 5. The van der Waals surface area contributed by atoms with Gasteiger partial charge < -0.3 is 75.0 Å². The Morgan fingerprint density at radius 2 is 0.400 bits per heavy atom. The molecule has 0 fully saturated rings. The van der Waals surface area contributed by atoms with Crippen LogP contribution >= 0.6 is 0 Å². The van der Waals surface area contributed by atoms with E-state index in [-0.39, 0.29) is 148 Å². The van der Waals surface area contributed by atoms with Gasteiger partial charge in [0, 0.05) is 0 Å². The summed E-state index contributed by atoms with van der Waals surface area (Å²) >= 11 is 0. The molecule has 0 aromatic rings. The molecule has 0 heterocycles. The van der Waals surface area contributed by atoms with E-state index in [0.717, 1.165) is 0 Å². The molecular formula is C10H15Na5O15. The number of aliphatic hydroxyl groups excluding tert-OH is 5. The Morgan fingerprint density at radius 1 is 0.367 bits per heavy atom. The molecule has 0 saturated heterocycles. The number of carbonyl (C=O) groups excluding carboxylic acids is 5. The second kappa shape index (κ2) is 57.7. The number of carbonyl (C=O) groups is 5. The van der Waals surface area contributed by atoms with Crippen molar-refractivity contribution in [3.05, 3.63) is 0 Å². The smallest absolute Gasteiger partial charge is 0.548 e. The first-order valence-electron chi connectivity index (χ1n) is 5.39. The molecule has 0 radical (unpaired) electrons. The first kappa shape index (κ1) is 63.6. The van der Waals surface area contributed by atoms with Gasteiger partial charge in [0.1, 0.15) is 0 Å². The largest absolute Gasteiger partial charge is 1.00 e. The fourth-order valence-electron chi connectivity index (χ4n) is 0. The van der Waals surface area contributed by atoms with Crippen LogP contribution in [0.5, 0.6) is 0 Å². The number of carboxylic acid groups (broad SMARTS) is 5. The Kier molecular flexibility index (Phi) is 122. The third kappa shape index (κ3) is 174. The van der Waals surface area contributed by atoms with Gasteiger partial charge in [-0.2, -0.15) is 0 Å². The van der Waals surface area contributed by atoms with Gasteiger partial charge >= 0.3 is 148 Å². The van der Waals surface area contributed by atoms with Crippen LogP contribution in [-0.4, -0.2) is 88.4 Å². The summed E-state index contributed by atoms with van der Waals surface area (Å²) in [5.74, 6) is -7.20. The zero-order valence-electron chi connectivity index (χ0n) is 17.4. The summed E-state index contributed by atoms with van der Waals surface area (Å²) in [6.45, 7) is -4.44. The summed E-state index contributed by atoms with van der Waals surface area (Å²) in [7, 11) is 0. The summed E-state index contributed by atoms with van der Waals surface area (Å²) < 4.78 is 0. The molecule has 0 aliphatic rings. The van der Waals surface area contributed by atoms with Crippen LogP contribution in [0.1, 0.15) is 0 Å². The first-order valence-corrected chi connectivity index (χ1v) is 5.39. The summed E-state index contributed by atoms with van der Waals surface area (Å²) in [6, 6.07) is 0. The Morgan fingerprint density at radius 3 is 0.400 bits per heavy atom. The molecule has 20 heteroatoms. The maximum absolute atomic E-state index is 9.01. The predicted molar refractivity (Wildman–Crippen MR) is 60.5 cm³/mol. The molecule has 0 rings (SSSR count). The van der Waals surface area contributed by atoms with Crippen LogP contribution in [0.2, 0.25) is 0 Å². The van der Waals surface area contributed by atoms with Crippen molar-refractivity contribution in [1.82, 2.24) is 0 Å². The summed E-state index contributed by atoms with van der Waals surface area (Å²) in [4.78, 5) is 45.0. The third-order valence-electron chi connectivity index (χ3n) is 0.645. The second-order valence-electron chi connectivity index (χ2n) is 2.65. The van der Waals surface area contributed by atoms with Gasteiger partial charge in [0.2, 0.25) is 0 Å². The van der Waals surface area contributed by atoms with Gasteiger partial charge in [-0.15, -0.1) is 0 Å². The van der Waals surface area contributed by atoms with Gasteiger partial charge in [0.05, 0.1) is 62.9 Å². The molecule has 0 atom stereocenters.